The minimum Gasteiger partial charge on any atom is -0.480 e. The van der Waals surface area contributed by atoms with E-state index in [1.165, 1.54) is 33.4 Å². The lowest BCUT2D eigenvalue weighted by Gasteiger charge is -2.40. The number of hydrogen-bond donors (Lipinski definition) is 1. The predicted molar refractivity (Wildman–Crippen MR) is 247 cm³/mol. The van der Waals surface area contributed by atoms with Crippen molar-refractivity contribution >= 4 is 22.6 Å². The van der Waals surface area contributed by atoms with Crippen molar-refractivity contribution in [2.75, 3.05) is 58.9 Å². The number of rotatable bonds is 12. The number of hydrogen-bond acceptors (Lipinski definition) is 6. The Morgan fingerprint density at radius 3 is 1.58 bits per heavy atom. The zero-order chi connectivity index (χ0) is 41.1. The molecule has 2 aliphatic heterocycles. The summed E-state index contributed by atoms with van der Waals surface area (Å²) < 4.78 is 1.92. The normalized spacial score (nSPS) is 16.1. The van der Waals surface area contributed by atoms with Gasteiger partial charge in [0.2, 0.25) is 0 Å². The van der Waals surface area contributed by atoms with Gasteiger partial charge in [0, 0.05) is 70.5 Å². The summed E-state index contributed by atoms with van der Waals surface area (Å²) in [7, 11) is 0. The Morgan fingerprint density at radius 2 is 1.03 bits per heavy atom. The van der Waals surface area contributed by atoms with Crippen LogP contribution in [0.15, 0.2) is 164 Å². The first-order valence-electron chi connectivity index (χ1n) is 21.5. The van der Waals surface area contributed by atoms with Crippen LogP contribution >= 0.6 is 11.6 Å². The summed E-state index contributed by atoms with van der Waals surface area (Å²) in [4.78, 5) is 14.6. The van der Waals surface area contributed by atoms with Gasteiger partial charge in [-0.1, -0.05) is 157 Å². The van der Waals surface area contributed by atoms with Gasteiger partial charge in [-0.3, -0.25) is 19.3 Å². The van der Waals surface area contributed by atoms with Crippen LogP contribution < -0.4 is 0 Å². The molecule has 2 aliphatic rings. The first-order valence-corrected chi connectivity index (χ1v) is 21.9. The zero-order valence-electron chi connectivity index (χ0n) is 34.7. The number of imidazole rings is 1. The topological polar surface area (TPSA) is 51.0 Å². The lowest BCUT2D eigenvalue weighted by Crippen LogP contribution is -2.48. The predicted octanol–water partition coefficient (Wildman–Crippen LogP) is 10.1. The molecule has 60 heavy (non-hydrogen) atoms. The fourth-order valence-corrected chi connectivity index (χ4v) is 9.13. The molecule has 2 saturated heterocycles. The summed E-state index contributed by atoms with van der Waals surface area (Å²) in [5, 5.41) is 11.0. The van der Waals surface area contributed by atoms with Crippen LogP contribution in [0.3, 0.4) is 0 Å². The average molecular weight is 818 g/mol. The third-order valence-corrected chi connectivity index (χ3v) is 12.3. The minimum atomic E-state index is 0.115. The Kier molecular flexibility index (Phi) is 14.0. The van der Waals surface area contributed by atoms with E-state index in [1.807, 2.05) is 41.0 Å². The van der Waals surface area contributed by atoms with E-state index in [2.05, 4.69) is 159 Å². The second kappa shape index (κ2) is 20.3. The van der Waals surface area contributed by atoms with Crippen molar-refractivity contribution in [2.24, 2.45) is 0 Å². The highest BCUT2D eigenvalue weighted by Gasteiger charge is 2.28. The van der Waals surface area contributed by atoms with Crippen molar-refractivity contribution in [3.05, 3.63) is 202 Å². The molecule has 7 aromatic rings. The maximum Gasteiger partial charge on any atom is 0.294 e. The molecule has 1 unspecified atom stereocenters. The quantitative estimate of drug-likeness (QED) is 0.133. The molecule has 0 radical (unpaired) electrons. The second-order valence-electron chi connectivity index (χ2n) is 16.2. The van der Waals surface area contributed by atoms with Gasteiger partial charge in [0.1, 0.15) is 0 Å². The lowest BCUT2D eigenvalue weighted by atomic mass is 9.96. The summed E-state index contributed by atoms with van der Waals surface area (Å²) in [5.74, 6) is 0. The Bertz CT molecular complexity index is 2320. The van der Waals surface area contributed by atoms with Gasteiger partial charge in [-0.25, -0.2) is 0 Å². The average Bonchev–Trinajstić information content (AvgIpc) is 3.61. The standard InChI is InChI=1S/C27H30N4O.C25H27ClN2/c32-27-28-24-14-7-8-15-25(24)31(27)17-9-16-29-18-20-30(21-19-29)26(22-10-3-1-4-11-22)23-12-5-2-6-13-23;1-20-6-5-7-21(18-20)19-27-14-16-28(17-15-27)25(22-8-3-2-4-9-22)23-10-12-24(26)13-11-23/h1-8,10-15,26H,9,16-21H2,(H,28,32);2-13,18,25H,14-17,19H2,1H3. The van der Waals surface area contributed by atoms with Gasteiger partial charge in [-0.05, 0) is 72.0 Å². The molecule has 1 aromatic heterocycles. The number of benzene rings is 6. The molecule has 6 aromatic carbocycles. The molecule has 0 aliphatic carbocycles. The fourth-order valence-electron chi connectivity index (χ4n) is 9.01. The molecule has 1 atom stereocenters. The number of aromatic nitrogens is 2. The molecule has 0 bridgehead atoms. The molecule has 0 amide bonds. The van der Waals surface area contributed by atoms with Crippen molar-refractivity contribution in [2.45, 2.75) is 38.5 Å². The zero-order valence-corrected chi connectivity index (χ0v) is 35.5. The monoisotopic (exact) mass is 816 g/mol. The van der Waals surface area contributed by atoms with Crippen LogP contribution in [0.5, 0.6) is 6.01 Å². The lowest BCUT2D eigenvalue weighted by molar-refractivity contribution is 0.105. The van der Waals surface area contributed by atoms with Crippen LogP contribution in [-0.4, -0.2) is 93.2 Å². The molecule has 0 saturated carbocycles. The van der Waals surface area contributed by atoms with E-state index < -0.39 is 0 Å². The number of nitrogens with zero attached hydrogens (tertiary/aromatic N) is 6. The maximum absolute atomic E-state index is 10.2. The van der Waals surface area contributed by atoms with Crippen LogP contribution in [0, 0.1) is 6.92 Å². The van der Waals surface area contributed by atoms with Gasteiger partial charge < -0.3 is 10.0 Å². The minimum absolute atomic E-state index is 0.115. The first-order chi connectivity index (χ1) is 29.5. The van der Waals surface area contributed by atoms with Gasteiger partial charge in [0.15, 0.2) is 0 Å². The van der Waals surface area contributed by atoms with E-state index in [0.29, 0.717) is 6.04 Å². The van der Waals surface area contributed by atoms with Gasteiger partial charge in [0.25, 0.3) is 6.01 Å². The van der Waals surface area contributed by atoms with E-state index >= 15 is 0 Å². The Balaban J connectivity index is 0.000000168. The number of aryl methyl sites for hydroxylation is 2. The van der Waals surface area contributed by atoms with E-state index in [1.54, 1.807) is 0 Å². The van der Waals surface area contributed by atoms with Gasteiger partial charge in [-0.15, -0.1) is 0 Å². The molecule has 3 heterocycles. The van der Waals surface area contributed by atoms with Crippen molar-refractivity contribution in [3.63, 3.8) is 0 Å². The largest absolute Gasteiger partial charge is 0.480 e. The Labute approximate surface area is 361 Å². The van der Waals surface area contributed by atoms with E-state index in [9.17, 15) is 5.11 Å². The molecule has 0 spiro atoms. The van der Waals surface area contributed by atoms with Crippen LogP contribution in [0.4, 0.5) is 0 Å². The SMILES string of the molecule is Cc1cccc(CN2CCN(C(c3ccccc3)c3ccc(Cl)cc3)CC2)c1.Oc1nc2ccccc2n1CCCN1CCN(C(c2ccccc2)c2ccccc2)CC1. The number of piperazine rings is 2. The number of halogens is 1. The summed E-state index contributed by atoms with van der Waals surface area (Å²) in [5.41, 5.74) is 9.97. The molecule has 8 heteroatoms. The fraction of sp³-hybridized carbons (Fsp3) is 0.288. The molecule has 308 valence electrons. The smallest absolute Gasteiger partial charge is 0.294 e. The van der Waals surface area contributed by atoms with Crippen molar-refractivity contribution in [1.29, 1.82) is 0 Å². The van der Waals surface area contributed by atoms with Gasteiger partial charge >= 0.3 is 0 Å². The molecule has 1 N–H and O–H groups in total. The molecule has 9 rings (SSSR count). The highest BCUT2D eigenvalue weighted by Crippen LogP contribution is 2.32. The van der Waals surface area contributed by atoms with Crippen LogP contribution in [0.25, 0.3) is 11.0 Å². The Hall–Kier alpha value is -5.28. The van der Waals surface area contributed by atoms with Crippen LogP contribution in [0.2, 0.25) is 5.02 Å². The third kappa shape index (κ3) is 10.5. The highest BCUT2D eigenvalue weighted by molar-refractivity contribution is 6.30. The van der Waals surface area contributed by atoms with Gasteiger partial charge in [0.05, 0.1) is 23.1 Å². The van der Waals surface area contributed by atoms with Gasteiger partial charge in [-0.2, -0.15) is 4.98 Å². The molecular weight excluding hydrogens is 760 g/mol. The van der Waals surface area contributed by atoms with E-state index in [-0.39, 0.29) is 12.1 Å². The van der Waals surface area contributed by atoms with Crippen molar-refractivity contribution in [3.8, 4) is 6.01 Å². The summed E-state index contributed by atoms with van der Waals surface area (Å²) >= 11 is 6.14. The third-order valence-electron chi connectivity index (χ3n) is 12.1. The van der Waals surface area contributed by atoms with Crippen LogP contribution in [0.1, 0.15) is 51.9 Å². The summed E-state index contributed by atoms with van der Waals surface area (Å²) in [6, 6.07) is 58.3. The molecule has 2 fully saturated rings. The number of aromatic hydroxyl groups is 1. The summed E-state index contributed by atoms with van der Waals surface area (Å²) in [6.45, 7) is 13.5. The van der Waals surface area contributed by atoms with E-state index in [0.717, 1.165) is 94.5 Å². The number of para-hydroxylation sites is 2. The first kappa shape index (κ1) is 41.5. The molecular formula is C52H57ClN6O. The summed E-state index contributed by atoms with van der Waals surface area (Å²) in [6.07, 6.45) is 0.995. The van der Waals surface area contributed by atoms with E-state index in [4.69, 9.17) is 11.6 Å². The molecule has 7 nitrogen and oxygen atoms in total. The number of fused-ring (bicyclic) bond motifs is 1. The van der Waals surface area contributed by atoms with Crippen LogP contribution in [-0.2, 0) is 13.1 Å². The maximum atomic E-state index is 10.2. The highest BCUT2D eigenvalue weighted by atomic mass is 35.5. The van der Waals surface area contributed by atoms with Crippen molar-refractivity contribution in [1.82, 2.24) is 29.2 Å². The Morgan fingerprint density at radius 1 is 0.533 bits per heavy atom. The second-order valence-corrected chi connectivity index (χ2v) is 16.6. The van der Waals surface area contributed by atoms with Crippen molar-refractivity contribution < 1.29 is 5.11 Å².